The van der Waals surface area contributed by atoms with Gasteiger partial charge in [0.15, 0.2) is 0 Å². The zero-order chi connectivity index (χ0) is 28.6. The average molecular weight is 551 g/mol. The van der Waals surface area contributed by atoms with E-state index in [-0.39, 0.29) is 17.8 Å². The van der Waals surface area contributed by atoms with Crippen LogP contribution in [0.1, 0.15) is 55.7 Å². The Balaban J connectivity index is 1.54. The van der Waals surface area contributed by atoms with Crippen molar-refractivity contribution in [1.82, 2.24) is 9.80 Å². The van der Waals surface area contributed by atoms with Crippen molar-refractivity contribution in [2.75, 3.05) is 48.1 Å². The summed E-state index contributed by atoms with van der Waals surface area (Å²) in [5, 5.41) is 11.4. The third-order valence-corrected chi connectivity index (χ3v) is 8.63. The minimum atomic E-state index is -0.458. The molecule has 0 aromatic heterocycles. The van der Waals surface area contributed by atoms with E-state index in [1.54, 1.807) is 34.5 Å². The van der Waals surface area contributed by atoms with Gasteiger partial charge in [-0.05, 0) is 37.1 Å². The first-order valence-corrected chi connectivity index (χ1v) is 13.9. The number of hydrogen-bond donors (Lipinski definition) is 1. The summed E-state index contributed by atoms with van der Waals surface area (Å²) >= 11 is 0. The Bertz CT molecular complexity index is 1350. The highest BCUT2D eigenvalue weighted by molar-refractivity contribution is 5.89. The highest BCUT2D eigenvalue weighted by atomic mass is 16.5. The molecule has 40 heavy (non-hydrogen) atoms. The molecule has 3 aliphatic heterocycles. The first-order chi connectivity index (χ1) is 19.3. The third kappa shape index (κ3) is 4.51. The lowest BCUT2D eigenvalue weighted by atomic mass is 9.84. The molecule has 2 saturated heterocycles. The van der Waals surface area contributed by atoms with Crippen LogP contribution in [0.15, 0.2) is 42.1 Å². The molecule has 0 radical (unpaired) electrons. The number of methoxy groups -OCH3 is 4. The highest BCUT2D eigenvalue weighted by Gasteiger charge is 2.55. The Morgan fingerprint density at radius 1 is 0.975 bits per heavy atom. The number of allylic oxidation sites excluding steroid dienone is 1. The van der Waals surface area contributed by atoms with E-state index in [9.17, 15) is 9.90 Å². The van der Waals surface area contributed by atoms with Crippen LogP contribution in [-0.4, -0.2) is 85.0 Å². The molecule has 214 valence electrons. The van der Waals surface area contributed by atoms with Crippen LogP contribution in [0, 0.1) is 0 Å². The molecule has 1 N–H and O–H groups in total. The first kappa shape index (κ1) is 27.7. The topological polar surface area (TPSA) is 83.7 Å². The largest absolute Gasteiger partial charge is 0.497 e. The van der Waals surface area contributed by atoms with Gasteiger partial charge in [0.25, 0.3) is 0 Å². The molecule has 2 amide bonds. The molecule has 0 aliphatic carbocycles. The minimum absolute atomic E-state index is 0.0229. The zero-order valence-electron chi connectivity index (χ0n) is 24.3. The van der Waals surface area contributed by atoms with Crippen LogP contribution < -0.4 is 18.9 Å². The molecule has 1 spiro atoms. The van der Waals surface area contributed by atoms with E-state index in [1.165, 1.54) is 0 Å². The summed E-state index contributed by atoms with van der Waals surface area (Å²) in [6.45, 7) is 6.55. The van der Waals surface area contributed by atoms with Crippen LogP contribution in [-0.2, 0) is 6.54 Å². The molecule has 1 unspecified atom stereocenters. The number of benzene rings is 2. The van der Waals surface area contributed by atoms with Crippen LogP contribution in [0.4, 0.5) is 4.79 Å². The van der Waals surface area contributed by atoms with Gasteiger partial charge in [0.2, 0.25) is 0 Å². The van der Waals surface area contributed by atoms with Gasteiger partial charge in [-0.2, -0.15) is 4.58 Å². The number of rotatable bonds is 6. The molecule has 0 saturated carbocycles. The van der Waals surface area contributed by atoms with Crippen LogP contribution in [0.25, 0.3) is 0 Å². The number of likely N-dealkylation sites (N-methyl/N-ethyl adjacent to an activating group) is 1. The molecule has 0 bridgehead atoms. The van der Waals surface area contributed by atoms with Gasteiger partial charge in [0, 0.05) is 48.7 Å². The number of fused-ring (bicyclic) bond motifs is 3. The smallest absolute Gasteiger partial charge is 0.367 e. The molecule has 3 heterocycles. The maximum Gasteiger partial charge on any atom is 0.367 e. The SMILES string of the molecule is CCN1C(=O)N2Cc3cc(OC)cc(OC)c3[C@@H](C)C=C2C12CCC[N+](=C(O)c1cc(OC)cc(OC)c1)CC2. The molecule has 2 aromatic rings. The standard InChI is InChI=1S/C31H39N3O6/c1-7-34-30(36)33-19-22-16-25(39-5)18-26(40-6)28(22)20(2)13-27(33)31(34)9-8-11-32(12-10-31)29(35)21-14-23(37-3)17-24(15-21)38-4/h13-18,20H,7-12,19H2,1-6H3/p+1/t20-,31?/m0/s1. The number of amides is 2. The molecule has 2 atom stereocenters. The molecule has 5 rings (SSSR count). The quantitative estimate of drug-likeness (QED) is 0.406. The van der Waals surface area contributed by atoms with Gasteiger partial charge in [0.1, 0.15) is 36.1 Å². The lowest BCUT2D eigenvalue weighted by Gasteiger charge is -2.36. The van der Waals surface area contributed by atoms with Crippen LogP contribution in [0.2, 0.25) is 0 Å². The predicted octanol–water partition coefficient (Wildman–Crippen LogP) is 4.92. The summed E-state index contributed by atoms with van der Waals surface area (Å²) in [5.41, 5.74) is 3.35. The predicted molar refractivity (Wildman–Crippen MR) is 152 cm³/mol. The lowest BCUT2D eigenvalue weighted by molar-refractivity contribution is -0.533. The van der Waals surface area contributed by atoms with Crippen molar-refractivity contribution in [3.63, 3.8) is 0 Å². The molecule has 3 aliphatic rings. The fraction of sp³-hybridized carbons (Fsp3) is 0.484. The van der Waals surface area contributed by atoms with Crippen molar-refractivity contribution in [2.24, 2.45) is 0 Å². The number of hydrogen-bond acceptors (Lipinski definition) is 5. The van der Waals surface area contributed by atoms with E-state index in [0.717, 1.165) is 35.4 Å². The van der Waals surface area contributed by atoms with Crippen molar-refractivity contribution in [1.29, 1.82) is 0 Å². The fourth-order valence-corrected chi connectivity index (χ4v) is 6.71. The second kappa shape index (κ2) is 10.9. The molecular formula is C31H40N3O6+. The van der Waals surface area contributed by atoms with Crippen molar-refractivity contribution in [2.45, 2.75) is 51.1 Å². The Morgan fingerprint density at radius 2 is 1.65 bits per heavy atom. The van der Waals surface area contributed by atoms with Gasteiger partial charge >= 0.3 is 11.9 Å². The molecule has 2 aromatic carbocycles. The maximum absolute atomic E-state index is 14.0. The molecular weight excluding hydrogens is 510 g/mol. The zero-order valence-corrected chi connectivity index (χ0v) is 24.3. The maximum atomic E-state index is 14.0. The Labute approximate surface area is 236 Å². The normalized spacial score (nSPS) is 23.6. The minimum Gasteiger partial charge on any atom is -0.497 e. The second-order valence-corrected chi connectivity index (χ2v) is 10.7. The van der Waals surface area contributed by atoms with E-state index in [0.29, 0.717) is 55.4 Å². The highest BCUT2D eigenvalue weighted by Crippen LogP contribution is 2.48. The van der Waals surface area contributed by atoms with E-state index < -0.39 is 5.54 Å². The summed E-state index contributed by atoms with van der Waals surface area (Å²) in [4.78, 5) is 17.9. The van der Waals surface area contributed by atoms with Crippen molar-refractivity contribution in [3.05, 3.63) is 58.8 Å². The van der Waals surface area contributed by atoms with Gasteiger partial charge in [-0.15, -0.1) is 0 Å². The van der Waals surface area contributed by atoms with E-state index >= 15 is 0 Å². The van der Waals surface area contributed by atoms with Crippen LogP contribution in [0.5, 0.6) is 23.0 Å². The monoisotopic (exact) mass is 550 g/mol. The van der Waals surface area contributed by atoms with Gasteiger partial charge in [-0.25, -0.2) is 4.79 Å². The molecule has 9 nitrogen and oxygen atoms in total. The summed E-state index contributed by atoms with van der Waals surface area (Å²) in [6.07, 6.45) is 4.58. The number of carbonyl (C=O) groups is 1. The Morgan fingerprint density at radius 3 is 2.27 bits per heavy atom. The van der Waals surface area contributed by atoms with E-state index in [4.69, 9.17) is 18.9 Å². The van der Waals surface area contributed by atoms with Gasteiger partial charge in [-0.1, -0.05) is 13.0 Å². The number of urea groups is 1. The van der Waals surface area contributed by atoms with Gasteiger partial charge in [0.05, 0.1) is 46.1 Å². The van der Waals surface area contributed by atoms with E-state index in [1.807, 2.05) is 45.6 Å². The van der Waals surface area contributed by atoms with Crippen LogP contribution in [0.3, 0.4) is 0 Å². The van der Waals surface area contributed by atoms with Crippen LogP contribution >= 0.6 is 0 Å². The van der Waals surface area contributed by atoms with Crippen molar-refractivity contribution < 1.29 is 33.4 Å². The number of aliphatic hydroxyl groups excluding tert-OH is 1. The number of aliphatic hydroxyl groups is 1. The number of ether oxygens (including phenoxy) is 4. The molecule has 2 fully saturated rings. The summed E-state index contributed by atoms with van der Waals surface area (Å²) < 4.78 is 24.2. The third-order valence-electron chi connectivity index (χ3n) is 8.63. The summed E-state index contributed by atoms with van der Waals surface area (Å²) in [6, 6.07) is 9.36. The summed E-state index contributed by atoms with van der Waals surface area (Å²) in [7, 11) is 6.51. The molecule has 9 heteroatoms. The average Bonchev–Trinajstić information content (AvgIpc) is 3.16. The van der Waals surface area contributed by atoms with Gasteiger partial charge in [-0.3, -0.25) is 4.90 Å². The van der Waals surface area contributed by atoms with E-state index in [2.05, 4.69) is 13.0 Å². The first-order valence-electron chi connectivity index (χ1n) is 13.9. The Hall–Kier alpha value is -3.88. The lowest BCUT2D eigenvalue weighted by Crippen LogP contribution is -2.46. The van der Waals surface area contributed by atoms with Crippen molar-refractivity contribution >= 4 is 11.9 Å². The van der Waals surface area contributed by atoms with Crippen molar-refractivity contribution in [3.8, 4) is 23.0 Å². The summed E-state index contributed by atoms with van der Waals surface area (Å²) in [5.74, 6) is 2.95. The number of carbonyl (C=O) groups excluding carboxylic acids is 1. The Kier molecular flexibility index (Phi) is 7.57. The number of nitrogens with zero attached hydrogens (tertiary/aromatic N) is 3. The van der Waals surface area contributed by atoms with Gasteiger partial charge < -0.3 is 29.0 Å². The second-order valence-electron chi connectivity index (χ2n) is 10.7. The fourth-order valence-electron chi connectivity index (χ4n) is 6.71.